The molecule has 5 nitrogen and oxygen atoms in total. The third-order valence-electron chi connectivity index (χ3n) is 4.22. The van der Waals surface area contributed by atoms with E-state index in [1.165, 1.54) is 11.3 Å². The molecule has 2 unspecified atom stereocenters. The van der Waals surface area contributed by atoms with E-state index < -0.39 is 15.1 Å². The molecule has 0 fully saturated rings. The number of hydrogen-bond acceptors (Lipinski definition) is 5. The highest BCUT2D eigenvalue weighted by molar-refractivity contribution is 7.92. The van der Waals surface area contributed by atoms with Crippen LogP contribution in [-0.4, -0.2) is 48.6 Å². The molecule has 0 saturated heterocycles. The second kappa shape index (κ2) is 6.55. The Bertz CT molecular complexity index is 823. The van der Waals surface area contributed by atoms with Crippen molar-refractivity contribution in [2.24, 2.45) is 5.92 Å². The standard InChI is InChI=1S/C15H20ClN3O2S2/c1-18(2)7-6-11-4-3-5-12(10-11)23(20,21)14-13(16)17-15-19(14)8-9-22-15/h3,5,8-9,11-12H,4,6-7,10H2,1-2H3. The minimum absolute atomic E-state index is 0.0701. The average Bonchev–Trinajstić information content (AvgIpc) is 3.04. The van der Waals surface area contributed by atoms with Crippen molar-refractivity contribution in [3.05, 3.63) is 28.9 Å². The van der Waals surface area contributed by atoms with Crippen LogP contribution in [0.15, 0.2) is 28.8 Å². The van der Waals surface area contributed by atoms with Crippen LogP contribution < -0.4 is 0 Å². The van der Waals surface area contributed by atoms with Crippen LogP contribution in [0.1, 0.15) is 19.3 Å². The number of nitrogens with zero attached hydrogens (tertiary/aromatic N) is 3. The summed E-state index contributed by atoms with van der Waals surface area (Å²) in [5, 5.41) is 1.48. The van der Waals surface area contributed by atoms with Gasteiger partial charge in [0, 0.05) is 11.6 Å². The van der Waals surface area contributed by atoms with Crippen molar-refractivity contribution in [1.82, 2.24) is 14.3 Å². The number of fused-ring (bicyclic) bond motifs is 1. The van der Waals surface area contributed by atoms with Crippen molar-refractivity contribution in [2.45, 2.75) is 29.5 Å². The van der Waals surface area contributed by atoms with E-state index in [4.69, 9.17) is 11.6 Å². The van der Waals surface area contributed by atoms with Crippen LogP contribution in [0.2, 0.25) is 5.15 Å². The second-order valence-electron chi connectivity index (χ2n) is 6.20. The Hall–Kier alpha value is -0.890. The molecule has 8 heteroatoms. The molecule has 0 radical (unpaired) electrons. The van der Waals surface area contributed by atoms with Gasteiger partial charge < -0.3 is 4.90 Å². The lowest BCUT2D eigenvalue weighted by atomic mass is 9.91. The van der Waals surface area contributed by atoms with E-state index in [1.807, 2.05) is 31.6 Å². The van der Waals surface area contributed by atoms with Gasteiger partial charge in [0.25, 0.3) is 0 Å². The molecule has 2 aromatic heterocycles. The molecule has 0 spiro atoms. The van der Waals surface area contributed by atoms with E-state index >= 15 is 0 Å². The van der Waals surface area contributed by atoms with E-state index in [0.717, 1.165) is 19.4 Å². The number of allylic oxidation sites excluding steroid dienone is 1. The fourth-order valence-corrected chi connectivity index (χ4v) is 6.12. The van der Waals surface area contributed by atoms with Crippen LogP contribution in [0, 0.1) is 5.92 Å². The Morgan fingerprint density at radius 3 is 3.00 bits per heavy atom. The molecule has 1 aliphatic rings. The fourth-order valence-electron chi connectivity index (χ4n) is 2.97. The monoisotopic (exact) mass is 373 g/mol. The van der Waals surface area contributed by atoms with Crippen LogP contribution in [0.3, 0.4) is 0 Å². The topological polar surface area (TPSA) is 54.7 Å². The molecule has 0 bridgehead atoms. The predicted octanol–water partition coefficient (Wildman–Crippen LogP) is 3.11. The van der Waals surface area contributed by atoms with Gasteiger partial charge in [-0.2, -0.15) is 0 Å². The molecule has 0 aliphatic heterocycles. The first-order valence-electron chi connectivity index (χ1n) is 7.56. The summed E-state index contributed by atoms with van der Waals surface area (Å²) in [6.07, 6.45) is 8.09. The average molecular weight is 374 g/mol. The number of thiazole rings is 1. The Kier molecular flexibility index (Phi) is 4.83. The van der Waals surface area contributed by atoms with Crippen LogP contribution in [-0.2, 0) is 9.84 Å². The Labute approximate surface area is 145 Å². The van der Waals surface area contributed by atoms with Crippen molar-refractivity contribution in [3.63, 3.8) is 0 Å². The maximum atomic E-state index is 13.1. The molecular formula is C15H20ClN3O2S2. The van der Waals surface area contributed by atoms with Gasteiger partial charge in [-0.25, -0.2) is 13.4 Å². The predicted molar refractivity (Wildman–Crippen MR) is 94.1 cm³/mol. The zero-order valence-corrected chi connectivity index (χ0v) is 15.5. The summed E-state index contributed by atoms with van der Waals surface area (Å²) in [6.45, 7) is 0.966. The molecule has 2 heterocycles. The normalized spacial score (nSPS) is 22.3. The summed E-state index contributed by atoms with van der Waals surface area (Å²) in [5.41, 5.74) is 0. The molecule has 0 saturated carbocycles. The number of aromatic nitrogens is 2. The maximum Gasteiger partial charge on any atom is 0.203 e. The van der Waals surface area contributed by atoms with Crippen LogP contribution >= 0.6 is 22.9 Å². The molecular weight excluding hydrogens is 354 g/mol. The summed E-state index contributed by atoms with van der Waals surface area (Å²) in [7, 11) is 0.525. The Morgan fingerprint density at radius 2 is 2.26 bits per heavy atom. The summed E-state index contributed by atoms with van der Waals surface area (Å²) in [6, 6.07) is 0. The molecule has 0 aromatic carbocycles. The first-order chi connectivity index (χ1) is 10.9. The molecule has 1 aliphatic carbocycles. The highest BCUT2D eigenvalue weighted by atomic mass is 35.5. The Balaban J connectivity index is 1.88. The van der Waals surface area contributed by atoms with Crippen molar-refractivity contribution >= 4 is 37.7 Å². The number of sulfone groups is 1. The summed E-state index contributed by atoms with van der Waals surface area (Å²) in [4.78, 5) is 6.89. The van der Waals surface area contributed by atoms with E-state index in [1.54, 1.807) is 10.6 Å². The molecule has 0 N–H and O–H groups in total. The summed E-state index contributed by atoms with van der Waals surface area (Å²) < 4.78 is 27.7. The van der Waals surface area contributed by atoms with Crippen molar-refractivity contribution < 1.29 is 8.42 Å². The minimum Gasteiger partial charge on any atom is -0.309 e. The van der Waals surface area contributed by atoms with Gasteiger partial charge in [0.1, 0.15) is 0 Å². The van der Waals surface area contributed by atoms with E-state index in [2.05, 4.69) is 9.88 Å². The zero-order valence-electron chi connectivity index (χ0n) is 13.1. The van der Waals surface area contributed by atoms with Gasteiger partial charge in [0.15, 0.2) is 15.1 Å². The SMILES string of the molecule is CN(C)CCC1CC=CC(S(=O)(=O)c2c(Cl)nc3sccn23)C1. The molecule has 2 aromatic rings. The first kappa shape index (κ1) is 17.0. The van der Waals surface area contributed by atoms with Crippen LogP contribution in [0.5, 0.6) is 0 Å². The van der Waals surface area contributed by atoms with Gasteiger partial charge in [-0.15, -0.1) is 11.3 Å². The Morgan fingerprint density at radius 1 is 1.48 bits per heavy atom. The summed E-state index contributed by atoms with van der Waals surface area (Å²) >= 11 is 7.49. The highest BCUT2D eigenvalue weighted by Gasteiger charge is 2.34. The number of rotatable bonds is 5. The molecule has 23 heavy (non-hydrogen) atoms. The van der Waals surface area contributed by atoms with Crippen molar-refractivity contribution in [2.75, 3.05) is 20.6 Å². The number of hydrogen-bond donors (Lipinski definition) is 0. The van der Waals surface area contributed by atoms with Gasteiger partial charge in [-0.1, -0.05) is 23.8 Å². The molecule has 3 rings (SSSR count). The van der Waals surface area contributed by atoms with Crippen molar-refractivity contribution in [1.29, 1.82) is 0 Å². The van der Waals surface area contributed by atoms with Crippen LogP contribution in [0.4, 0.5) is 0 Å². The number of halogens is 1. The summed E-state index contributed by atoms with van der Waals surface area (Å²) in [5.74, 6) is 0.381. The smallest absolute Gasteiger partial charge is 0.203 e. The van der Waals surface area contributed by atoms with E-state index in [9.17, 15) is 8.42 Å². The van der Waals surface area contributed by atoms with E-state index in [-0.39, 0.29) is 10.2 Å². The molecule has 2 atom stereocenters. The molecule has 126 valence electrons. The maximum absolute atomic E-state index is 13.1. The van der Waals surface area contributed by atoms with Crippen molar-refractivity contribution in [3.8, 4) is 0 Å². The van der Waals surface area contributed by atoms with Gasteiger partial charge >= 0.3 is 0 Å². The molecule has 0 amide bonds. The quantitative estimate of drug-likeness (QED) is 0.755. The largest absolute Gasteiger partial charge is 0.309 e. The van der Waals surface area contributed by atoms with Crippen LogP contribution in [0.25, 0.3) is 4.96 Å². The highest BCUT2D eigenvalue weighted by Crippen LogP contribution is 2.33. The van der Waals surface area contributed by atoms with Gasteiger partial charge in [-0.3, -0.25) is 4.40 Å². The van der Waals surface area contributed by atoms with Gasteiger partial charge in [0.05, 0.1) is 5.25 Å². The van der Waals surface area contributed by atoms with E-state index in [0.29, 0.717) is 17.3 Å². The van der Waals surface area contributed by atoms with Gasteiger partial charge in [-0.05, 0) is 45.8 Å². The first-order valence-corrected chi connectivity index (χ1v) is 10.4. The zero-order chi connectivity index (χ0) is 16.6. The lowest BCUT2D eigenvalue weighted by Crippen LogP contribution is -2.28. The third-order valence-corrected chi connectivity index (χ3v) is 7.42. The minimum atomic E-state index is -3.54. The fraction of sp³-hybridized carbons (Fsp3) is 0.533. The third kappa shape index (κ3) is 3.33. The lowest BCUT2D eigenvalue weighted by molar-refractivity contribution is 0.336. The lowest BCUT2D eigenvalue weighted by Gasteiger charge is -2.25. The van der Waals surface area contributed by atoms with Gasteiger partial charge in [0.2, 0.25) is 9.84 Å². The second-order valence-corrected chi connectivity index (χ2v) is 9.52. The number of imidazole rings is 1.